The lowest BCUT2D eigenvalue weighted by atomic mass is 10.1. The summed E-state index contributed by atoms with van der Waals surface area (Å²) in [5.41, 5.74) is 1.24. The van der Waals surface area contributed by atoms with Crippen LogP contribution in [0.3, 0.4) is 0 Å². The first-order valence-electron chi connectivity index (χ1n) is 4.84. The zero-order valence-electron chi connectivity index (χ0n) is 7.96. The monoisotopic (exact) mass is 212 g/mol. The van der Waals surface area contributed by atoms with Gasteiger partial charge in [-0.2, -0.15) is 0 Å². The normalized spacial score (nSPS) is 14.4. The maximum absolute atomic E-state index is 5.55. The molecule has 2 nitrogen and oxygen atoms in total. The molecule has 0 bridgehead atoms. The highest BCUT2D eigenvalue weighted by Crippen LogP contribution is 2.28. The highest BCUT2D eigenvalue weighted by Gasteiger charge is 2.10. The predicted octanol–water partition coefficient (Wildman–Crippen LogP) is 2.63. The van der Waals surface area contributed by atoms with Gasteiger partial charge < -0.3 is 9.47 Å². The second-order valence-corrected chi connectivity index (χ2v) is 3.64. The first kappa shape index (κ1) is 9.66. The molecule has 0 atom stereocenters. The fourth-order valence-electron chi connectivity index (χ4n) is 1.58. The molecule has 0 fully saturated rings. The summed E-state index contributed by atoms with van der Waals surface area (Å²) in [6.07, 6.45) is 2.17. The van der Waals surface area contributed by atoms with Crippen LogP contribution < -0.4 is 9.47 Å². The second-order valence-electron chi connectivity index (χ2n) is 3.26. The summed E-state index contributed by atoms with van der Waals surface area (Å²) < 4.78 is 10.9. The van der Waals surface area contributed by atoms with Crippen LogP contribution in [0.2, 0.25) is 0 Å². The number of fused-ring (bicyclic) bond motifs is 1. The largest absolute Gasteiger partial charge is 0.493 e. The van der Waals surface area contributed by atoms with Gasteiger partial charge >= 0.3 is 0 Å². The number of alkyl halides is 1. The van der Waals surface area contributed by atoms with Gasteiger partial charge in [0, 0.05) is 0 Å². The maximum Gasteiger partial charge on any atom is 0.122 e. The van der Waals surface area contributed by atoms with Crippen molar-refractivity contribution < 1.29 is 9.47 Å². The van der Waals surface area contributed by atoms with Crippen LogP contribution in [0.4, 0.5) is 0 Å². The third-order valence-electron chi connectivity index (χ3n) is 2.23. The Morgan fingerprint density at radius 1 is 1.43 bits per heavy atom. The van der Waals surface area contributed by atoms with Gasteiger partial charge in [-0.1, -0.05) is 0 Å². The molecule has 1 aliphatic heterocycles. The minimum atomic E-state index is 0.521. The summed E-state index contributed by atoms with van der Waals surface area (Å²) in [6, 6.07) is 5.94. The molecule has 3 heteroatoms. The molecule has 0 amide bonds. The van der Waals surface area contributed by atoms with Gasteiger partial charge in [0.2, 0.25) is 0 Å². The molecule has 1 aromatic rings. The predicted molar refractivity (Wildman–Crippen MR) is 56.5 cm³/mol. The van der Waals surface area contributed by atoms with Crippen molar-refractivity contribution in [2.24, 2.45) is 0 Å². The molecule has 1 aromatic carbocycles. The quantitative estimate of drug-likeness (QED) is 0.718. The van der Waals surface area contributed by atoms with Crippen LogP contribution >= 0.6 is 11.6 Å². The molecule has 0 radical (unpaired) electrons. The lowest BCUT2D eigenvalue weighted by Gasteiger charge is -2.17. The molecule has 0 N–H and O–H groups in total. The summed E-state index contributed by atoms with van der Waals surface area (Å²) in [6.45, 7) is 1.39. The Bertz CT molecular complexity index is 312. The molecule has 0 aliphatic carbocycles. The molecule has 14 heavy (non-hydrogen) atoms. The van der Waals surface area contributed by atoms with Crippen LogP contribution in [-0.4, -0.2) is 19.1 Å². The highest BCUT2D eigenvalue weighted by atomic mass is 35.5. The Morgan fingerprint density at radius 3 is 3.21 bits per heavy atom. The number of benzene rings is 1. The van der Waals surface area contributed by atoms with E-state index in [1.807, 2.05) is 18.2 Å². The van der Waals surface area contributed by atoms with Gasteiger partial charge in [0.25, 0.3) is 0 Å². The summed E-state index contributed by atoms with van der Waals surface area (Å²) in [4.78, 5) is 0. The minimum Gasteiger partial charge on any atom is -0.493 e. The molecule has 0 unspecified atom stereocenters. The van der Waals surface area contributed by atoms with Crippen molar-refractivity contribution in [1.29, 1.82) is 0 Å². The van der Waals surface area contributed by atoms with E-state index in [2.05, 4.69) is 0 Å². The molecular weight excluding hydrogens is 200 g/mol. The van der Waals surface area contributed by atoms with E-state index in [1.54, 1.807) is 0 Å². The summed E-state index contributed by atoms with van der Waals surface area (Å²) in [5.74, 6) is 2.40. The van der Waals surface area contributed by atoms with E-state index in [4.69, 9.17) is 21.1 Å². The SMILES string of the molecule is ClCCOc1ccc2c(c1)CCCO2. The van der Waals surface area contributed by atoms with Crippen molar-refractivity contribution in [3.05, 3.63) is 23.8 Å². The molecule has 0 spiro atoms. The van der Waals surface area contributed by atoms with E-state index >= 15 is 0 Å². The Kier molecular flexibility index (Phi) is 3.14. The first-order valence-corrected chi connectivity index (χ1v) is 5.38. The van der Waals surface area contributed by atoms with Crippen molar-refractivity contribution in [2.45, 2.75) is 12.8 Å². The number of halogens is 1. The average molecular weight is 213 g/mol. The van der Waals surface area contributed by atoms with Crippen molar-refractivity contribution in [3.63, 3.8) is 0 Å². The van der Waals surface area contributed by atoms with Gasteiger partial charge in [0.15, 0.2) is 0 Å². The number of rotatable bonds is 3. The van der Waals surface area contributed by atoms with E-state index in [9.17, 15) is 0 Å². The molecule has 76 valence electrons. The lowest BCUT2D eigenvalue weighted by molar-refractivity contribution is 0.286. The van der Waals surface area contributed by atoms with Crippen molar-refractivity contribution >= 4 is 11.6 Å². The molecule has 0 aromatic heterocycles. The Hall–Kier alpha value is -0.890. The maximum atomic E-state index is 5.55. The van der Waals surface area contributed by atoms with Gasteiger partial charge in [-0.05, 0) is 36.6 Å². The first-order chi connectivity index (χ1) is 6.90. The molecule has 1 aliphatic rings. The van der Waals surface area contributed by atoms with Crippen LogP contribution in [0.5, 0.6) is 11.5 Å². The van der Waals surface area contributed by atoms with Crippen molar-refractivity contribution in [3.8, 4) is 11.5 Å². The molecular formula is C11H13ClO2. The fourth-order valence-corrected chi connectivity index (χ4v) is 1.66. The van der Waals surface area contributed by atoms with Gasteiger partial charge in [0.05, 0.1) is 12.5 Å². The van der Waals surface area contributed by atoms with E-state index in [0.29, 0.717) is 12.5 Å². The Balaban J connectivity index is 2.12. The fraction of sp³-hybridized carbons (Fsp3) is 0.455. The topological polar surface area (TPSA) is 18.5 Å². The van der Waals surface area contributed by atoms with E-state index < -0.39 is 0 Å². The zero-order chi connectivity index (χ0) is 9.80. The van der Waals surface area contributed by atoms with Gasteiger partial charge in [-0.15, -0.1) is 11.6 Å². The average Bonchev–Trinajstić information content (AvgIpc) is 2.26. The highest BCUT2D eigenvalue weighted by molar-refractivity contribution is 6.17. The minimum absolute atomic E-state index is 0.521. The summed E-state index contributed by atoms with van der Waals surface area (Å²) >= 11 is 5.55. The summed E-state index contributed by atoms with van der Waals surface area (Å²) in [5, 5.41) is 0. The molecule has 2 rings (SSSR count). The molecule has 0 saturated heterocycles. The van der Waals surface area contributed by atoms with E-state index in [-0.39, 0.29) is 0 Å². The van der Waals surface area contributed by atoms with Crippen LogP contribution in [0.15, 0.2) is 18.2 Å². The standard InChI is InChI=1S/C11H13ClO2/c12-5-7-13-10-3-4-11-9(8-10)2-1-6-14-11/h3-4,8H,1-2,5-7H2. The van der Waals surface area contributed by atoms with Crippen molar-refractivity contribution in [2.75, 3.05) is 19.1 Å². The summed E-state index contributed by atoms with van der Waals surface area (Å²) in [7, 11) is 0. The molecule has 1 heterocycles. The lowest BCUT2D eigenvalue weighted by Crippen LogP contribution is -2.08. The Morgan fingerprint density at radius 2 is 2.36 bits per heavy atom. The van der Waals surface area contributed by atoms with Crippen LogP contribution in [0, 0.1) is 0 Å². The zero-order valence-corrected chi connectivity index (χ0v) is 8.72. The smallest absolute Gasteiger partial charge is 0.122 e. The van der Waals surface area contributed by atoms with E-state index in [1.165, 1.54) is 5.56 Å². The van der Waals surface area contributed by atoms with Crippen LogP contribution in [0.25, 0.3) is 0 Å². The number of hydrogen-bond donors (Lipinski definition) is 0. The van der Waals surface area contributed by atoms with Gasteiger partial charge in [-0.25, -0.2) is 0 Å². The van der Waals surface area contributed by atoms with Crippen LogP contribution in [0.1, 0.15) is 12.0 Å². The van der Waals surface area contributed by atoms with Crippen molar-refractivity contribution in [1.82, 2.24) is 0 Å². The van der Waals surface area contributed by atoms with Gasteiger partial charge in [-0.3, -0.25) is 0 Å². The Labute approximate surface area is 88.8 Å². The number of hydrogen-bond acceptors (Lipinski definition) is 2. The van der Waals surface area contributed by atoms with Gasteiger partial charge in [0.1, 0.15) is 18.1 Å². The number of ether oxygens (including phenoxy) is 2. The third-order valence-corrected chi connectivity index (χ3v) is 2.38. The molecule has 0 saturated carbocycles. The second kappa shape index (κ2) is 4.56. The third kappa shape index (κ3) is 2.13. The van der Waals surface area contributed by atoms with Crippen LogP contribution in [-0.2, 0) is 6.42 Å². The number of aryl methyl sites for hydroxylation is 1. The van der Waals surface area contributed by atoms with E-state index in [0.717, 1.165) is 30.9 Å².